The van der Waals surface area contributed by atoms with Crippen LogP contribution in [0.4, 0.5) is 0 Å². The molecule has 0 saturated carbocycles. The second kappa shape index (κ2) is 14.0. The lowest BCUT2D eigenvalue weighted by Gasteiger charge is -2.32. The molecule has 4 nitrogen and oxygen atoms in total. The molecular formula is C28H36BBr2IN2O2. The number of rotatable bonds is 2. The Balaban J connectivity index is 0.000000157. The minimum Gasteiger partial charge on any atom is -0.400 e. The van der Waals surface area contributed by atoms with Crippen molar-refractivity contribution in [2.75, 3.05) is 0 Å². The summed E-state index contributed by atoms with van der Waals surface area (Å²) in [5, 5.41) is 0. The summed E-state index contributed by atoms with van der Waals surface area (Å²) in [6.45, 7) is 8.43. The Bertz CT molecular complexity index is 1000. The highest BCUT2D eigenvalue weighted by Gasteiger charge is 2.52. The van der Waals surface area contributed by atoms with Gasteiger partial charge in [-0.15, -0.1) is 0 Å². The standard InChI is InChI=1S/C12H21BO2.C11H12BrN.C5H3BrIN/c1-11(2)12(3,4)15-13(14-11)10-8-6-5-7-9-10;12-11-7-6-10(8-13-11)9-4-2-1-3-5-9;6-5-2-1-4(7)3-8-5/h8H,5-7,9H2,1-4H3;4,6-8H,1-3,5H2;1-3H. The van der Waals surface area contributed by atoms with E-state index in [-0.39, 0.29) is 18.3 Å². The van der Waals surface area contributed by atoms with E-state index in [0.717, 1.165) is 19.2 Å². The van der Waals surface area contributed by atoms with Gasteiger partial charge in [0.15, 0.2) is 0 Å². The molecule has 1 saturated heterocycles. The van der Waals surface area contributed by atoms with Crippen LogP contribution >= 0.6 is 54.5 Å². The zero-order valence-electron chi connectivity index (χ0n) is 21.7. The first-order valence-electron chi connectivity index (χ1n) is 12.7. The fourth-order valence-electron chi connectivity index (χ4n) is 4.10. The predicted molar refractivity (Wildman–Crippen MR) is 166 cm³/mol. The Labute approximate surface area is 247 Å². The van der Waals surface area contributed by atoms with E-state index >= 15 is 0 Å². The number of aromatic nitrogens is 2. The summed E-state index contributed by atoms with van der Waals surface area (Å²) in [5.74, 6) is 0. The van der Waals surface area contributed by atoms with Crippen LogP contribution in [0.1, 0.15) is 84.6 Å². The van der Waals surface area contributed by atoms with Crippen molar-refractivity contribution < 1.29 is 9.31 Å². The van der Waals surface area contributed by atoms with Crippen LogP contribution in [0, 0.1) is 3.57 Å². The van der Waals surface area contributed by atoms with E-state index in [2.05, 4.69) is 110 Å². The molecule has 3 aliphatic rings. The lowest BCUT2D eigenvalue weighted by atomic mass is 9.73. The van der Waals surface area contributed by atoms with Crippen LogP contribution in [-0.2, 0) is 9.31 Å². The maximum absolute atomic E-state index is 6.01. The third kappa shape index (κ3) is 9.03. The molecule has 0 radical (unpaired) electrons. The molecule has 2 aliphatic carbocycles. The molecule has 2 aromatic heterocycles. The van der Waals surface area contributed by atoms with Gasteiger partial charge in [-0.2, -0.15) is 0 Å². The minimum absolute atomic E-state index is 0.102. The number of hydrogen-bond acceptors (Lipinski definition) is 4. The first kappa shape index (κ1) is 30.0. The average molecular weight is 730 g/mol. The van der Waals surface area contributed by atoms with E-state index in [1.165, 1.54) is 61.6 Å². The van der Waals surface area contributed by atoms with Crippen molar-refractivity contribution in [1.29, 1.82) is 0 Å². The molecule has 0 amide bonds. The summed E-state index contributed by atoms with van der Waals surface area (Å²) in [6, 6.07) is 8.05. The molecule has 3 heterocycles. The molecule has 194 valence electrons. The van der Waals surface area contributed by atoms with E-state index in [1.54, 1.807) is 0 Å². The first-order chi connectivity index (χ1) is 17.1. The summed E-state index contributed by atoms with van der Waals surface area (Å²) in [4.78, 5) is 8.22. The Kier molecular flexibility index (Phi) is 11.7. The molecule has 2 aromatic rings. The third-order valence-corrected chi connectivity index (χ3v) is 8.54. The topological polar surface area (TPSA) is 44.2 Å². The van der Waals surface area contributed by atoms with Crippen LogP contribution in [0.25, 0.3) is 5.57 Å². The van der Waals surface area contributed by atoms with E-state index in [9.17, 15) is 0 Å². The highest BCUT2D eigenvalue weighted by Crippen LogP contribution is 2.40. The van der Waals surface area contributed by atoms with Crippen molar-refractivity contribution >= 4 is 67.1 Å². The van der Waals surface area contributed by atoms with Gasteiger partial charge in [0.1, 0.15) is 9.21 Å². The Morgan fingerprint density at radius 2 is 1.36 bits per heavy atom. The van der Waals surface area contributed by atoms with Crippen LogP contribution in [0.5, 0.6) is 0 Å². The van der Waals surface area contributed by atoms with Gasteiger partial charge in [0.25, 0.3) is 0 Å². The highest BCUT2D eigenvalue weighted by molar-refractivity contribution is 14.1. The van der Waals surface area contributed by atoms with Crippen LogP contribution < -0.4 is 0 Å². The van der Waals surface area contributed by atoms with Crippen molar-refractivity contribution in [3.63, 3.8) is 0 Å². The fraction of sp³-hybridized carbons (Fsp3) is 0.500. The average Bonchev–Trinajstić information content (AvgIpc) is 3.10. The van der Waals surface area contributed by atoms with Crippen LogP contribution in [-0.4, -0.2) is 28.3 Å². The second-order valence-corrected chi connectivity index (χ2v) is 13.1. The molecular weight excluding hydrogens is 694 g/mol. The molecule has 1 aliphatic heterocycles. The Morgan fingerprint density at radius 3 is 1.81 bits per heavy atom. The van der Waals surface area contributed by atoms with Crippen LogP contribution in [0.3, 0.4) is 0 Å². The zero-order valence-corrected chi connectivity index (χ0v) is 27.0. The molecule has 8 heteroatoms. The largest absolute Gasteiger partial charge is 0.490 e. The third-order valence-electron chi connectivity index (χ3n) is 6.96. The maximum Gasteiger partial charge on any atom is 0.490 e. The van der Waals surface area contributed by atoms with Crippen molar-refractivity contribution in [3.8, 4) is 0 Å². The van der Waals surface area contributed by atoms with Gasteiger partial charge in [-0.05, 0) is 168 Å². The first-order valence-corrected chi connectivity index (χ1v) is 15.4. The van der Waals surface area contributed by atoms with Crippen LogP contribution in [0.2, 0.25) is 0 Å². The lowest BCUT2D eigenvalue weighted by molar-refractivity contribution is 0.00578. The Hall–Kier alpha value is -0.545. The van der Waals surface area contributed by atoms with Gasteiger partial charge in [-0.3, -0.25) is 0 Å². The van der Waals surface area contributed by atoms with Gasteiger partial charge in [0.2, 0.25) is 0 Å². The lowest BCUT2D eigenvalue weighted by Crippen LogP contribution is -2.41. The van der Waals surface area contributed by atoms with Crippen molar-refractivity contribution in [3.05, 3.63) is 72.6 Å². The molecule has 1 fully saturated rings. The molecule has 0 unspecified atom stereocenters. The van der Waals surface area contributed by atoms with Gasteiger partial charge >= 0.3 is 7.12 Å². The number of allylic oxidation sites excluding steroid dienone is 4. The Morgan fingerprint density at radius 1 is 0.778 bits per heavy atom. The van der Waals surface area contributed by atoms with Crippen molar-refractivity contribution in [2.24, 2.45) is 0 Å². The van der Waals surface area contributed by atoms with E-state index in [4.69, 9.17) is 9.31 Å². The van der Waals surface area contributed by atoms with E-state index in [0.29, 0.717) is 0 Å². The highest BCUT2D eigenvalue weighted by atomic mass is 127. The summed E-state index contributed by atoms with van der Waals surface area (Å²) >= 11 is 8.78. The van der Waals surface area contributed by atoms with Gasteiger partial charge < -0.3 is 9.31 Å². The molecule has 36 heavy (non-hydrogen) atoms. The quantitative estimate of drug-likeness (QED) is 0.176. The number of pyridine rings is 2. The summed E-state index contributed by atoms with van der Waals surface area (Å²) in [5.41, 5.74) is 3.69. The van der Waals surface area contributed by atoms with E-state index in [1.807, 2.05) is 30.6 Å². The minimum atomic E-state index is -0.198. The van der Waals surface area contributed by atoms with Gasteiger partial charge in [0, 0.05) is 16.0 Å². The number of hydrogen-bond donors (Lipinski definition) is 0. The number of halogens is 3. The molecule has 5 rings (SSSR count). The number of nitrogens with zero attached hydrogens (tertiary/aromatic N) is 2. The van der Waals surface area contributed by atoms with E-state index < -0.39 is 0 Å². The molecule has 0 bridgehead atoms. The summed E-state index contributed by atoms with van der Waals surface area (Å²) < 4.78 is 15.0. The molecule has 0 spiro atoms. The molecule has 0 N–H and O–H groups in total. The van der Waals surface area contributed by atoms with Crippen molar-refractivity contribution in [2.45, 2.75) is 90.3 Å². The van der Waals surface area contributed by atoms with Gasteiger partial charge in [-0.25, -0.2) is 9.97 Å². The van der Waals surface area contributed by atoms with Crippen molar-refractivity contribution in [1.82, 2.24) is 9.97 Å². The van der Waals surface area contributed by atoms with Crippen LogP contribution in [0.15, 0.2) is 63.5 Å². The predicted octanol–water partition coefficient (Wildman–Crippen LogP) is 9.37. The molecule has 0 atom stereocenters. The molecule has 0 aromatic carbocycles. The van der Waals surface area contributed by atoms with Gasteiger partial charge in [0.05, 0.1) is 11.2 Å². The monoisotopic (exact) mass is 728 g/mol. The normalized spacial score (nSPS) is 20.2. The summed E-state index contributed by atoms with van der Waals surface area (Å²) in [7, 11) is -0.102. The van der Waals surface area contributed by atoms with Gasteiger partial charge in [-0.1, -0.05) is 18.2 Å². The zero-order chi connectivity index (χ0) is 26.2. The summed E-state index contributed by atoms with van der Waals surface area (Å²) in [6.07, 6.45) is 18.4. The SMILES string of the molecule is Brc1ccc(C2=CCCCC2)cn1.Brc1ccc(I)cn1.CC1(C)OB(C2=CCCCC2)OC1(C)C. The maximum atomic E-state index is 6.01. The fourth-order valence-corrected chi connectivity index (χ4v) is 4.88. The second-order valence-electron chi connectivity index (χ2n) is 10.3. The smallest absolute Gasteiger partial charge is 0.400 e.